The number of aryl methyl sites for hydroxylation is 2. The molecule has 3 heterocycles. The monoisotopic (exact) mass is 417 g/mol. The highest BCUT2D eigenvalue weighted by Crippen LogP contribution is 2.20. The van der Waals surface area contributed by atoms with Crippen molar-refractivity contribution in [2.24, 2.45) is 0 Å². The Labute approximate surface area is 179 Å². The van der Waals surface area contributed by atoms with Crippen molar-refractivity contribution in [2.45, 2.75) is 20.3 Å². The first-order chi connectivity index (χ1) is 14.5. The van der Waals surface area contributed by atoms with Crippen LogP contribution in [-0.2, 0) is 6.42 Å². The number of amides is 1. The van der Waals surface area contributed by atoms with Crippen LogP contribution in [0.3, 0.4) is 0 Å². The van der Waals surface area contributed by atoms with E-state index in [1.54, 1.807) is 29.2 Å². The summed E-state index contributed by atoms with van der Waals surface area (Å²) in [6, 6.07) is 17.0. The largest absolute Gasteiger partial charge is 0.321 e. The van der Waals surface area contributed by atoms with Gasteiger partial charge in [-0.3, -0.25) is 9.78 Å². The predicted molar refractivity (Wildman–Crippen MR) is 117 cm³/mol. The quantitative estimate of drug-likeness (QED) is 0.507. The van der Waals surface area contributed by atoms with Crippen molar-refractivity contribution in [3.05, 3.63) is 100 Å². The predicted octanol–water partition coefficient (Wildman–Crippen LogP) is 4.78. The van der Waals surface area contributed by atoms with Crippen LogP contribution < -0.4 is 5.32 Å². The number of halogens is 1. The molecule has 0 atom stereocenters. The van der Waals surface area contributed by atoms with Crippen molar-refractivity contribution in [2.75, 3.05) is 5.32 Å². The van der Waals surface area contributed by atoms with Crippen LogP contribution in [0.1, 0.15) is 33.0 Å². The molecule has 0 unspecified atom stereocenters. The lowest BCUT2D eigenvalue weighted by atomic mass is 10.1. The van der Waals surface area contributed by atoms with Crippen LogP contribution in [0.15, 0.2) is 67.0 Å². The van der Waals surface area contributed by atoms with Crippen LogP contribution >= 0.6 is 11.6 Å². The second-order valence-corrected chi connectivity index (χ2v) is 7.43. The maximum atomic E-state index is 12.8. The van der Waals surface area contributed by atoms with E-state index < -0.39 is 0 Å². The molecule has 1 amide bonds. The van der Waals surface area contributed by atoms with Gasteiger partial charge in [0.15, 0.2) is 5.82 Å². The number of anilines is 1. The van der Waals surface area contributed by atoms with Gasteiger partial charge in [0.25, 0.3) is 5.91 Å². The van der Waals surface area contributed by atoms with Crippen LogP contribution in [0.25, 0.3) is 5.82 Å². The van der Waals surface area contributed by atoms with Gasteiger partial charge in [-0.1, -0.05) is 23.7 Å². The molecule has 0 radical (unpaired) electrons. The van der Waals surface area contributed by atoms with Gasteiger partial charge in [0, 0.05) is 23.8 Å². The Balaban J connectivity index is 1.51. The Morgan fingerprint density at radius 2 is 1.70 bits per heavy atom. The Morgan fingerprint density at radius 1 is 1.00 bits per heavy atom. The first-order valence-corrected chi connectivity index (χ1v) is 9.87. The van der Waals surface area contributed by atoms with Crippen molar-refractivity contribution in [3.63, 3.8) is 0 Å². The minimum atomic E-state index is -0.370. The molecule has 1 aromatic carbocycles. The lowest BCUT2D eigenvalue weighted by Crippen LogP contribution is -2.16. The van der Waals surface area contributed by atoms with E-state index in [0.29, 0.717) is 11.5 Å². The standard InChI is InChI=1S/C23H20ClN5O/c1-15-13-16(2)29(28-15)21-8-7-20(24)22(27-21)23(30)26-19-5-3-17(4-6-19)14-18-9-11-25-12-10-18/h3-13H,14H2,1-2H3,(H,26,30). The molecule has 4 aromatic rings. The summed E-state index contributed by atoms with van der Waals surface area (Å²) in [5.74, 6) is 0.174. The average Bonchev–Trinajstić information content (AvgIpc) is 3.08. The van der Waals surface area contributed by atoms with E-state index in [1.165, 1.54) is 5.56 Å². The fraction of sp³-hybridized carbons (Fsp3) is 0.130. The zero-order valence-corrected chi connectivity index (χ0v) is 17.4. The number of nitrogens with one attached hydrogen (secondary N) is 1. The molecule has 0 saturated heterocycles. The molecule has 1 N–H and O–H groups in total. The molecular formula is C23H20ClN5O. The zero-order chi connectivity index (χ0) is 21.1. The highest BCUT2D eigenvalue weighted by atomic mass is 35.5. The number of aromatic nitrogens is 4. The number of hydrogen-bond donors (Lipinski definition) is 1. The summed E-state index contributed by atoms with van der Waals surface area (Å²) < 4.78 is 1.69. The molecule has 0 fully saturated rings. The molecule has 0 saturated carbocycles. The number of pyridine rings is 2. The Morgan fingerprint density at radius 3 is 2.37 bits per heavy atom. The zero-order valence-electron chi connectivity index (χ0n) is 16.6. The van der Waals surface area contributed by atoms with Crippen LogP contribution in [0.2, 0.25) is 5.02 Å². The maximum Gasteiger partial charge on any atom is 0.275 e. The molecule has 0 aliphatic carbocycles. The fourth-order valence-electron chi connectivity index (χ4n) is 3.20. The van der Waals surface area contributed by atoms with Gasteiger partial charge in [0.05, 0.1) is 10.7 Å². The number of nitrogens with zero attached hydrogens (tertiary/aromatic N) is 4. The highest BCUT2D eigenvalue weighted by molar-refractivity contribution is 6.34. The molecule has 0 aliphatic rings. The average molecular weight is 418 g/mol. The number of carbonyl (C=O) groups is 1. The summed E-state index contributed by atoms with van der Waals surface area (Å²) in [6.07, 6.45) is 4.36. The van der Waals surface area contributed by atoms with Crippen molar-refractivity contribution < 1.29 is 4.79 Å². The van der Waals surface area contributed by atoms with Gasteiger partial charge in [-0.25, -0.2) is 9.67 Å². The summed E-state index contributed by atoms with van der Waals surface area (Å²) in [4.78, 5) is 21.3. The van der Waals surface area contributed by atoms with Gasteiger partial charge in [-0.2, -0.15) is 5.10 Å². The van der Waals surface area contributed by atoms with Crippen LogP contribution in [0.5, 0.6) is 0 Å². The molecule has 0 aliphatic heterocycles. The summed E-state index contributed by atoms with van der Waals surface area (Å²) in [6.45, 7) is 3.84. The first-order valence-electron chi connectivity index (χ1n) is 9.49. The number of rotatable bonds is 5. The van der Waals surface area contributed by atoms with Gasteiger partial charge < -0.3 is 5.32 Å². The van der Waals surface area contributed by atoms with E-state index >= 15 is 0 Å². The van der Waals surface area contributed by atoms with E-state index in [2.05, 4.69) is 20.4 Å². The first kappa shape index (κ1) is 19.8. The Bertz CT molecular complexity index is 1190. The normalized spacial score (nSPS) is 10.8. The number of carbonyl (C=O) groups excluding carboxylic acids is 1. The van der Waals surface area contributed by atoms with Crippen LogP contribution in [0.4, 0.5) is 5.69 Å². The molecule has 4 rings (SSSR count). The minimum Gasteiger partial charge on any atom is -0.321 e. The summed E-state index contributed by atoms with van der Waals surface area (Å²) in [7, 11) is 0. The third-order valence-electron chi connectivity index (χ3n) is 4.64. The smallest absolute Gasteiger partial charge is 0.275 e. The topological polar surface area (TPSA) is 72.7 Å². The Kier molecular flexibility index (Phi) is 5.59. The van der Waals surface area contributed by atoms with Gasteiger partial charge in [-0.15, -0.1) is 0 Å². The van der Waals surface area contributed by atoms with Gasteiger partial charge >= 0.3 is 0 Å². The van der Waals surface area contributed by atoms with Crippen LogP contribution in [0, 0.1) is 13.8 Å². The van der Waals surface area contributed by atoms with E-state index in [9.17, 15) is 4.79 Å². The summed E-state index contributed by atoms with van der Waals surface area (Å²) in [5.41, 5.74) is 4.96. The molecule has 150 valence electrons. The van der Waals surface area contributed by atoms with Gasteiger partial charge in [0.2, 0.25) is 0 Å². The number of benzene rings is 1. The SMILES string of the molecule is Cc1cc(C)n(-c2ccc(Cl)c(C(=O)Nc3ccc(Cc4ccncc4)cc3)n2)n1. The molecular weight excluding hydrogens is 398 g/mol. The summed E-state index contributed by atoms with van der Waals surface area (Å²) in [5, 5.41) is 7.56. The van der Waals surface area contributed by atoms with Crippen molar-refractivity contribution in [1.29, 1.82) is 0 Å². The third kappa shape index (κ3) is 4.39. The Hall–Kier alpha value is -3.51. The minimum absolute atomic E-state index is 0.155. The van der Waals surface area contributed by atoms with Gasteiger partial charge in [-0.05, 0) is 73.9 Å². The van der Waals surface area contributed by atoms with E-state index in [4.69, 9.17) is 11.6 Å². The molecule has 0 bridgehead atoms. The molecule has 7 heteroatoms. The van der Waals surface area contributed by atoms with Crippen LogP contribution in [-0.4, -0.2) is 25.7 Å². The molecule has 0 spiro atoms. The van der Waals surface area contributed by atoms with Crippen molar-refractivity contribution in [1.82, 2.24) is 19.7 Å². The molecule has 30 heavy (non-hydrogen) atoms. The molecule has 6 nitrogen and oxygen atoms in total. The van der Waals surface area contributed by atoms with Crippen molar-refractivity contribution in [3.8, 4) is 5.82 Å². The molecule has 3 aromatic heterocycles. The van der Waals surface area contributed by atoms with Crippen molar-refractivity contribution >= 4 is 23.2 Å². The fourth-order valence-corrected chi connectivity index (χ4v) is 3.39. The highest BCUT2D eigenvalue weighted by Gasteiger charge is 2.15. The third-order valence-corrected chi connectivity index (χ3v) is 4.95. The van der Waals surface area contributed by atoms with E-state index in [1.807, 2.05) is 56.3 Å². The summed E-state index contributed by atoms with van der Waals surface area (Å²) >= 11 is 6.25. The second kappa shape index (κ2) is 8.47. The lowest BCUT2D eigenvalue weighted by molar-refractivity contribution is 0.102. The van der Waals surface area contributed by atoms with E-state index in [-0.39, 0.29) is 16.6 Å². The van der Waals surface area contributed by atoms with E-state index in [0.717, 1.165) is 23.4 Å². The lowest BCUT2D eigenvalue weighted by Gasteiger charge is -2.10. The number of hydrogen-bond acceptors (Lipinski definition) is 4. The second-order valence-electron chi connectivity index (χ2n) is 7.02. The maximum absolute atomic E-state index is 12.8. The van der Waals surface area contributed by atoms with Gasteiger partial charge in [0.1, 0.15) is 5.69 Å².